The highest BCUT2D eigenvalue weighted by Gasteiger charge is 2.10. The van der Waals surface area contributed by atoms with Crippen LogP contribution in [0.4, 0.5) is 13.2 Å². The zero-order chi connectivity index (χ0) is 39.6. The fraction of sp³-hybridized carbons (Fsp3) is 0.333. The summed E-state index contributed by atoms with van der Waals surface area (Å²) in [4.78, 5) is 12.6. The summed E-state index contributed by atoms with van der Waals surface area (Å²) in [6.45, 7) is 15.1. The molecule has 5 nitrogen and oxygen atoms in total. The third-order valence-corrected chi connectivity index (χ3v) is 9.30. The summed E-state index contributed by atoms with van der Waals surface area (Å²) in [6, 6.07) is 23.4. The standard InChI is InChI=1S/2C12H14FN.C12H15N.C11H13FN2.CH4/c1-8(2)5-9-7-14-12-4-3-10(13)6-11(9)12;1-8(2)6-9-7-14-11-5-3-4-10(13)12(9)11;1-9(2)7-10-8-13-12-6-4-3-5-11(10)12;1-7(13)4-8-6-14-11-5-9(12)2-3-10(8)11;/h3-4,6-8,14H,5H2,1-2H3;3-5,7-8,14H,6H2,1-2H3;3-6,8-9,13H,7H2,1-2H3;2-3,5-7,14H,4,13H2,1H3;1H4/t;;;7-;/m...1./s1. The first kappa shape index (κ1) is 43.5. The highest BCUT2D eigenvalue weighted by atomic mass is 19.1. The quantitative estimate of drug-likeness (QED) is 0.105. The topological polar surface area (TPSA) is 89.2 Å². The van der Waals surface area contributed by atoms with Crippen molar-refractivity contribution < 1.29 is 13.2 Å². The van der Waals surface area contributed by atoms with Crippen LogP contribution in [0.15, 0.2) is 104 Å². The minimum Gasteiger partial charge on any atom is -0.361 e. The molecule has 0 unspecified atom stereocenters. The van der Waals surface area contributed by atoms with Crippen molar-refractivity contribution in [3.63, 3.8) is 0 Å². The van der Waals surface area contributed by atoms with Gasteiger partial charge in [0.2, 0.25) is 0 Å². The molecule has 0 saturated carbocycles. The fourth-order valence-electron chi connectivity index (χ4n) is 6.98. The maximum Gasteiger partial charge on any atom is 0.132 e. The van der Waals surface area contributed by atoms with Crippen LogP contribution in [-0.4, -0.2) is 26.0 Å². The van der Waals surface area contributed by atoms with Crippen molar-refractivity contribution in [2.45, 2.75) is 87.6 Å². The van der Waals surface area contributed by atoms with Crippen molar-refractivity contribution in [1.29, 1.82) is 0 Å². The molecule has 0 saturated heterocycles. The lowest BCUT2D eigenvalue weighted by atomic mass is 10.0. The second-order valence-electron chi connectivity index (χ2n) is 15.8. The van der Waals surface area contributed by atoms with Crippen LogP contribution < -0.4 is 5.73 Å². The van der Waals surface area contributed by atoms with Gasteiger partial charge in [-0.15, -0.1) is 0 Å². The third kappa shape index (κ3) is 11.7. The van der Waals surface area contributed by atoms with Crippen molar-refractivity contribution in [3.8, 4) is 0 Å². The molecule has 8 heteroatoms. The number of H-pyrrole nitrogens is 4. The van der Waals surface area contributed by atoms with Gasteiger partial charge in [-0.05, 0) is 127 Å². The molecule has 4 heterocycles. The molecule has 0 spiro atoms. The summed E-state index contributed by atoms with van der Waals surface area (Å²) in [5, 5.41) is 4.19. The van der Waals surface area contributed by atoms with E-state index in [1.807, 2.05) is 31.6 Å². The number of nitrogens with two attached hydrogens (primary N) is 1. The zero-order valence-electron chi connectivity index (χ0n) is 33.2. The maximum absolute atomic E-state index is 13.5. The van der Waals surface area contributed by atoms with Crippen LogP contribution in [0.3, 0.4) is 0 Å². The van der Waals surface area contributed by atoms with Gasteiger partial charge in [0.15, 0.2) is 0 Å². The summed E-state index contributed by atoms with van der Waals surface area (Å²) in [5.41, 5.74) is 14.6. The van der Waals surface area contributed by atoms with E-state index in [9.17, 15) is 13.2 Å². The van der Waals surface area contributed by atoms with E-state index in [1.165, 1.54) is 46.3 Å². The van der Waals surface area contributed by atoms with Crippen LogP contribution >= 0.6 is 0 Å². The molecule has 0 fully saturated rings. The second kappa shape index (κ2) is 20.1. The predicted molar refractivity (Wildman–Crippen MR) is 233 cm³/mol. The molecule has 56 heavy (non-hydrogen) atoms. The maximum atomic E-state index is 13.5. The molecule has 0 radical (unpaired) electrons. The predicted octanol–water partition coefficient (Wildman–Crippen LogP) is 13.2. The van der Waals surface area contributed by atoms with Gasteiger partial charge in [0, 0.05) is 74.4 Å². The van der Waals surface area contributed by atoms with Crippen LogP contribution in [0.1, 0.15) is 78.1 Å². The number of hydrogen-bond acceptors (Lipinski definition) is 1. The first-order valence-electron chi connectivity index (χ1n) is 19.3. The Bertz CT molecular complexity index is 2410. The summed E-state index contributed by atoms with van der Waals surface area (Å²) < 4.78 is 39.4. The Balaban J connectivity index is 0.000000165. The molecule has 4 aromatic carbocycles. The van der Waals surface area contributed by atoms with Crippen molar-refractivity contribution in [1.82, 2.24) is 19.9 Å². The minimum atomic E-state index is -0.216. The second-order valence-corrected chi connectivity index (χ2v) is 15.8. The summed E-state index contributed by atoms with van der Waals surface area (Å²) in [5.74, 6) is 1.36. The Hall–Kier alpha value is -5.21. The molecule has 0 aliphatic carbocycles. The molecule has 298 valence electrons. The van der Waals surface area contributed by atoms with E-state index >= 15 is 0 Å². The Kier molecular flexibility index (Phi) is 15.6. The first-order chi connectivity index (χ1) is 26.3. The Morgan fingerprint density at radius 3 is 1.57 bits per heavy atom. The van der Waals surface area contributed by atoms with E-state index in [-0.39, 0.29) is 30.9 Å². The van der Waals surface area contributed by atoms with Crippen LogP contribution in [0.5, 0.6) is 0 Å². The number of benzene rings is 4. The summed E-state index contributed by atoms with van der Waals surface area (Å²) in [7, 11) is 0. The molecule has 1 atom stereocenters. The SMILES string of the molecule is C.CC(C)Cc1c[nH]c2ccc(F)cc12.CC(C)Cc1c[nH]c2cccc(F)c12.CC(C)Cc1c[nH]c2ccccc12.C[C@@H](N)Cc1c[nH]c2cc(F)ccc12. The van der Waals surface area contributed by atoms with Crippen LogP contribution in [0.25, 0.3) is 43.6 Å². The van der Waals surface area contributed by atoms with Gasteiger partial charge < -0.3 is 25.7 Å². The Morgan fingerprint density at radius 2 is 0.929 bits per heavy atom. The van der Waals surface area contributed by atoms with Gasteiger partial charge in [0.05, 0.1) is 0 Å². The number of para-hydroxylation sites is 1. The molecular weight excluding hydrogens is 704 g/mol. The average molecular weight is 764 g/mol. The van der Waals surface area contributed by atoms with E-state index in [0.29, 0.717) is 11.8 Å². The number of aromatic nitrogens is 4. The van der Waals surface area contributed by atoms with E-state index in [0.717, 1.165) is 75.4 Å². The first-order valence-corrected chi connectivity index (χ1v) is 19.3. The number of fused-ring (bicyclic) bond motifs is 4. The third-order valence-electron chi connectivity index (χ3n) is 9.30. The molecule has 0 bridgehead atoms. The van der Waals surface area contributed by atoms with Gasteiger partial charge in [-0.25, -0.2) is 13.2 Å². The van der Waals surface area contributed by atoms with E-state index < -0.39 is 0 Å². The number of aromatic amines is 4. The largest absolute Gasteiger partial charge is 0.361 e. The van der Waals surface area contributed by atoms with Gasteiger partial charge in [0.1, 0.15) is 17.5 Å². The molecule has 8 aromatic rings. The van der Waals surface area contributed by atoms with Gasteiger partial charge in [0.25, 0.3) is 0 Å². The van der Waals surface area contributed by atoms with Crippen LogP contribution in [0, 0.1) is 35.2 Å². The van der Waals surface area contributed by atoms with E-state index in [4.69, 9.17) is 5.73 Å². The molecule has 0 aliphatic rings. The average Bonchev–Trinajstić information content (AvgIpc) is 3.92. The van der Waals surface area contributed by atoms with E-state index in [2.05, 4.69) is 91.9 Å². The van der Waals surface area contributed by atoms with Crippen molar-refractivity contribution in [3.05, 3.63) is 143 Å². The number of rotatable bonds is 8. The number of nitrogens with one attached hydrogen (secondary N) is 4. The molecule has 8 rings (SSSR count). The Labute approximate surface area is 330 Å². The Morgan fingerprint density at radius 1 is 0.464 bits per heavy atom. The highest BCUT2D eigenvalue weighted by molar-refractivity contribution is 5.85. The normalized spacial score (nSPS) is 11.7. The molecule has 4 aromatic heterocycles. The molecule has 0 aliphatic heterocycles. The molecular formula is C48H60F3N5. The molecule has 0 amide bonds. The lowest BCUT2D eigenvalue weighted by molar-refractivity contribution is 0.628. The zero-order valence-corrected chi connectivity index (χ0v) is 33.2. The van der Waals surface area contributed by atoms with Crippen LogP contribution in [0.2, 0.25) is 0 Å². The van der Waals surface area contributed by atoms with E-state index in [1.54, 1.807) is 24.3 Å². The van der Waals surface area contributed by atoms with Crippen molar-refractivity contribution in [2.24, 2.45) is 23.5 Å². The smallest absolute Gasteiger partial charge is 0.132 e. The lowest BCUT2D eigenvalue weighted by Crippen LogP contribution is -2.17. The summed E-state index contributed by atoms with van der Waals surface area (Å²) >= 11 is 0. The van der Waals surface area contributed by atoms with Gasteiger partial charge >= 0.3 is 0 Å². The summed E-state index contributed by atoms with van der Waals surface area (Å²) in [6.07, 6.45) is 11.8. The lowest BCUT2D eigenvalue weighted by Gasteiger charge is -2.02. The highest BCUT2D eigenvalue weighted by Crippen LogP contribution is 2.25. The van der Waals surface area contributed by atoms with Crippen molar-refractivity contribution in [2.75, 3.05) is 0 Å². The number of hydrogen-bond donors (Lipinski definition) is 5. The van der Waals surface area contributed by atoms with Gasteiger partial charge in [-0.2, -0.15) is 0 Å². The van der Waals surface area contributed by atoms with Crippen LogP contribution in [-0.2, 0) is 25.7 Å². The van der Waals surface area contributed by atoms with Crippen molar-refractivity contribution >= 4 is 43.6 Å². The fourth-order valence-corrected chi connectivity index (χ4v) is 6.98. The van der Waals surface area contributed by atoms with Gasteiger partial charge in [-0.3, -0.25) is 0 Å². The monoisotopic (exact) mass is 763 g/mol. The minimum absolute atomic E-state index is 0. The number of halogens is 3. The van der Waals surface area contributed by atoms with Gasteiger partial charge in [-0.1, -0.05) is 73.2 Å². The molecule has 6 N–H and O–H groups in total.